The number of halogens is 3. The molecule has 0 saturated heterocycles. The maximum absolute atomic E-state index is 12.3. The van der Waals surface area contributed by atoms with Gasteiger partial charge in [0.05, 0.1) is 28.4 Å². The third-order valence-corrected chi connectivity index (χ3v) is 5.06. The molecule has 0 fully saturated rings. The van der Waals surface area contributed by atoms with Crippen LogP contribution in [0.15, 0.2) is 35.4 Å². The minimum absolute atomic E-state index is 0.0102. The number of anilines is 1. The van der Waals surface area contributed by atoms with E-state index in [1.807, 2.05) is 0 Å². The highest BCUT2D eigenvalue weighted by Crippen LogP contribution is 2.28. The van der Waals surface area contributed by atoms with Crippen LogP contribution in [0.25, 0.3) is 0 Å². The number of pyridine rings is 1. The lowest BCUT2D eigenvalue weighted by Gasteiger charge is -2.11. The molecular formula is C13H9Cl3N2O4S. The van der Waals surface area contributed by atoms with Crippen molar-refractivity contribution in [1.29, 1.82) is 0 Å². The van der Waals surface area contributed by atoms with Gasteiger partial charge in [0.25, 0.3) is 10.0 Å². The summed E-state index contributed by atoms with van der Waals surface area (Å²) in [4.78, 5) is 15.0. The monoisotopic (exact) mass is 394 g/mol. The largest absolute Gasteiger partial charge is 0.465 e. The van der Waals surface area contributed by atoms with Crippen molar-refractivity contribution in [3.05, 3.63) is 51.2 Å². The Bertz CT molecular complexity index is 872. The molecule has 2 rings (SSSR count). The molecule has 2 aromatic rings. The summed E-state index contributed by atoms with van der Waals surface area (Å²) in [6, 6.07) is 5.19. The molecule has 1 aromatic carbocycles. The van der Waals surface area contributed by atoms with E-state index in [2.05, 4.69) is 14.4 Å². The van der Waals surface area contributed by atoms with Crippen LogP contribution in [0, 0.1) is 0 Å². The molecule has 0 spiro atoms. The molecular weight excluding hydrogens is 387 g/mol. The normalized spacial score (nSPS) is 11.1. The molecule has 0 radical (unpaired) electrons. The third-order valence-electron chi connectivity index (χ3n) is 2.71. The number of carbonyl (C=O) groups is 1. The van der Waals surface area contributed by atoms with E-state index in [-0.39, 0.29) is 31.3 Å². The summed E-state index contributed by atoms with van der Waals surface area (Å²) in [5.41, 5.74) is 0.155. The first-order chi connectivity index (χ1) is 10.7. The number of hydrogen-bond acceptors (Lipinski definition) is 5. The lowest BCUT2D eigenvalue weighted by molar-refractivity contribution is 0.0601. The van der Waals surface area contributed by atoms with Gasteiger partial charge in [0, 0.05) is 6.20 Å². The number of hydrogen-bond donors (Lipinski definition) is 1. The molecule has 122 valence electrons. The summed E-state index contributed by atoms with van der Waals surface area (Å²) in [7, 11) is -2.81. The van der Waals surface area contributed by atoms with E-state index >= 15 is 0 Å². The summed E-state index contributed by atoms with van der Waals surface area (Å²) in [6.07, 6.45) is 1.05. The molecule has 0 saturated carbocycles. The first kappa shape index (κ1) is 17.8. The molecule has 1 heterocycles. The molecule has 1 N–H and O–H groups in total. The molecule has 0 bridgehead atoms. The molecule has 23 heavy (non-hydrogen) atoms. The molecule has 0 amide bonds. The number of nitrogens with zero attached hydrogens (tertiary/aromatic N) is 1. The molecule has 0 aliphatic rings. The fourth-order valence-electron chi connectivity index (χ4n) is 1.60. The lowest BCUT2D eigenvalue weighted by Crippen LogP contribution is -2.14. The van der Waals surface area contributed by atoms with E-state index < -0.39 is 16.0 Å². The van der Waals surface area contributed by atoms with Gasteiger partial charge in [0.1, 0.15) is 10.0 Å². The molecule has 6 nitrogen and oxygen atoms in total. The van der Waals surface area contributed by atoms with Gasteiger partial charge in [-0.25, -0.2) is 18.2 Å². The number of rotatable bonds is 4. The van der Waals surface area contributed by atoms with Crippen LogP contribution < -0.4 is 4.72 Å². The van der Waals surface area contributed by atoms with Crippen LogP contribution in [-0.4, -0.2) is 26.5 Å². The summed E-state index contributed by atoms with van der Waals surface area (Å²) < 4.78 is 31.5. The minimum atomic E-state index is -4.02. The van der Waals surface area contributed by atoms with E-state index in [1.54, 1.807) is 0 Å². The number of ether oxygens (including phenoxy) is 1. The van der Waals surface area contributed by atoms with Crippen molar-refractivity contribution in [3.63, 3.8) is 0 Å². The standard InChI is InChI=1S/C13H9Cl3N2O4S/c1-22-13(19)7-2-3-9(14)11(4-7)18-23(20,21)8-5-10(15)12(16)17-6-8/h2-6,18H,1H3. The van der Waals surface area contributed by atoms with Crippen molar-refractivity contribution in [3.8, 4) is 0 Å². The van der Waals surface area contributed by atoms with Crippen LogP contribution in [0.4, 0.5) is 5.69 Å². The zero-order valence-corrected chi connectivity index (χ0v) is 14.6. The molecule has 0 aliphatic carbocycles. The van der Waals surface area contributed by atoms with Gasteiger partial charge in [-0.2, -0.15) is 0 Å². The van der Waals surface area contributed by atoms with Gasteiger partial charge < -0.3 is 4.74 Å². The van der Waals surface area contributed by atoms with Crippen molar-refractivity contribution in [2.45, 2.75) is 4.90 Å². The van der Waals surface area contributed by atoms with E-state index in [1.165, 1.54) is 25.3 Å². The highest BCUT2D eigenvalue weighted by Gasteiger charge is 2.19. The Morgan fingerprint density at radius 1 is 1.17 bits per heavy atom. The van der Waals surface area contributed by atoms with E-state index in [0.717, 1.165) is 12.3 Å². The zero-order chi connectivity index (χ0) is 17.2. The van der Waals surface area contributed by atoms with Crippen molar-refractivity contribution >= 4 is 56.5 Å². The second-order valence-electron chi connectivity index (χ2n) is 4.24. The first-order valence-electron chi connectivity index (χ1n) is 5.96. The number of aromatic nitrogens is 1. The van der Waals surface area contributed by atoms with Crippen LogP contribution in [0.2, 0.25) is 15.2 Å². The SMILES string of the molecule is COC(=O)c1ccc(Cl)c(NS(=O)(=O)c2cnc(Cl)c(Cl)c2)c1. The van der Waals surface area contributed by atoms with E-state index in [4.69, 9.17) is 34.8 Å². The van der Waals surface area contributed by atoms with E-state index in [0.29, 0.717) is 0 Å². The fraction of sp³-hybridized carbons (Fsp3) is 0.0769. The van der Waals surface area contributed by atoms with Gasteiger partial charge in [-0.05, 0) is 24.3 Å². The van der Waals surface area contributed by atoms with Crippen LogP contribution >= 0.6 is 34.8 Å². The molecule has 0 unspecified atom stereocenters. The average Bonchev–Trinajstić information content (AvgIpc) is 2.51. The molecule has 0 atom stereocenters. The number of nitrogens with one attached hydrogen (secondary N) is 1. The maximum Gasteiger partial charge on any atom is 0.337 e. The number of carbonyl (C=O) groups excluding carboxylic acids is 1. The zero-order valence-electron chi connectivity index (χ0n) is 11.5. The highest BCUT2D eigenvalue weighted by molar-refractivity contribution is 7.92. The van der Waals surface area contributed by atoms with Crippen molar-refractivity contribution in [2.24, 2.45) is 0 Å². The second kappa shape index (κ2) is 6.92. The average molecular weight is 396 g/mol. The summed E-state index contributed by atoms with van der Waals surface area (Å²) in [5.74, 6) is -0.627. The lowest BCUT2D eigenvalue weighted by atomic mass is 10.2. The van der Waals surface area contributed by atoms with Crippen LogP contribution in [-0.2, 0) is 14.8 Å². The summed E-state index contributed by atoms with van der Waals surface area (Å²) in [5, 5.41) is 0.0783. The Morgan fingerprint density at radius 3 is 2.48 bits per heavy atom. The molecule has 1 aromatic heterocycles. The van der Waals surface area contributed by atoms with Crippen LogP contribution in [0.1, 0.15) is 10.4 Å². The van der Waals surface area contributed by atoms with Crippen molar-refractivity contribution < 1.29 is 17.9 Å². The van der Waals surface area contributed by atoms with Crippen molar-refractivity contribution in [2.75, 3.05) is 11.8 Å². The predicted octanol–water partition coefficient (Wildman–Crippen LogP) is 3.63. The smallest absolute Gasteiger partial charge is 0.337 e. The summed E-state index contributed by atoms with van der Waals surface area (Å²) in [6.45, 7) is 0. The summed E-state index contributed by atoms with van der Waals surface area (Å²) >= 11 is 17.4. The Kier molecular flexibility index (Phi) is 5.36. The topological polar surface area (TPSA) is 85.4 Å². The molecule has 0 aliphatic heterocycles. The van der Waals surface area contributed by atoms with Gasteiger partial charge in [-0.3, -0.25) is 4.72 Å². The Hall–Kier alpha value is -1.54. The number of sulfonamides is 1. The van der Waals surface area contributed by atoms with Gasteiger partial charge in [0.15, 0.2) is 0 Å². The van der Waals surface area contributed by atoms with Gasteiger partial charge in [0.2, 0.25) is 0 Å². The first-order valence-corrected chi connectivity index (χ1v) is 8.58. The number of methoxy groups -OCH3 is 1. The quantitative estimate of drug-likeness (QED) is 0.631. The van der Waals surface area contributed by atoms with Crippen LogP contribution in [0.5, 0.6) is 0 Å². The van der Waals surface area contributed by atoms with Crippen LogP contribution in [0.3, 0.4) is 0 Å². The van der Waals surface area contributed by atoms with Gasteiger partial charge in [-0.1, -0.05) is 34.8 Å². The Balaban J connectivity index is 2.40. The maximum atomic E-state index is 12.3. The highest BCUT2D eigenvalue weighted by atomic mass is 35.5. The van der Waals surface area contributed by atoms with E-state index in [9.17, 15) is 13.2 Å². The van der Waals surface area contributed by atoms with Crippen molar-refractivity contribution in [1.82, 2.24) is 4.98 Å². The number of benzene rings is 1. The number of esters is 1. The Morgan fingerprint density at radius 2 is 1.87 bits per heavy atom. The minimum Gasteiger partial charge on any atom is -0.465 e. The third kappa shape index (κ3) is 4.06. The Labute approximate surface area is 147 Å². The van der Waals surface area contributed by atoms with Gasteiger partial charge >= 0.3 is 5.97 Å². The van der Waals surface area contributed by atoms with Gasteiger partial charge in [-0.15, -0.1) is 0 Å². The predicted molar refractivity (Wildman–Crippen MR) is 87.9 cm³/mol. The molecule has 10 heteroatoms. The fourth-order valence-corrected chi connectivity index (χ4v) is 3.20. The second-order valence-corrected chi connectivity index (χ2v) is 7.09.